The monoisotopic (exact) mass is 385 g/mol. The van der Waals surface area contributed by atoms with Crippen LogP contribution < -0.4 is 4.90 Å². The minimum Gasteiger partial charge on any atom is -0.340 e. The summed E-state index contributed by atoms with van der Waals surface area (Å²) >= 11 is 5.22. The number of nitrogens with one attached hydrogen (secondary N) is 1. The van der Waals surface area contributed by atoms with E-state index in [1.165, 1.54) is 6.92 Å². The summed E-state index contributed by atoms with van der Waals surface area (Å²) in [5.41, 5.74) is 1.90. The number of likely N-dealkylation sites (tertiary alicyclic amines) is 1. The molecule has 0 bridgehead atoms. The van der Waals surface area contributed by atoms with Crippen LogP contribution in [0.1, 0.15) is 37.1 Å². The van der Waals surface area contributed by atoms with Crippen LogP contribution in [0.25, 0.3) is 0 Å². The number of aromatic amines is 1. The van der Waals surface area contributed by atoms with Gasteiger partial charge in [-0.15, -0.1) is 0 Å². The molecule has 142 valence electrons. The summed E-state index contributed by atoms with van der Waals surface area (Å²) in [5.74, 6) is 0.954. The van der Waals surface area contributed by atoms with Crippen molar-refractivity contribution in [3.05, 3.63) is 40.4 Å². The molecule has 4 rings (SSSR count). The SMILES string of the molecule is CC(=O)N1c2ccccc2C[C@H]1C(=O)N1CCCC(c2n[nH]c(=S)n2C)C1. The van der Waals surface area contributed by atoms with Gasteiger partial charge in [0.2, 0.25) is 11.8 Å². The first-order valence-electron chi connectivity index (χ1n) is 9.25. The molecule has 1 aromatic carbocycles. The number of rotatable bonds is 2. The summed E-state index contributed by atoms with van der Waals surface area (Å²) in [6, 6.07) is 7.30. The van der Waals surface area contributed by atoms with Gasteiger partial charge in [0.05, 0.1) is 0 Å². The quantitative estimate of drug-likeness (QED) is 0.804. The van der Waals surface area contributed by atoms with Crippen molar-refractivity contribution in [1.29, 1.82) is 0 Å². The number of hydrogen-bond donors (Lipinski definition) is 1. The Morgan fingerprint density at radius 3 is 2.78 bits per heavy atom. The van der Waals surface area contributed by atoms with Crippen molar-refractivity contribution in [2.24, 2.45) is 7.05 Å². The fraction of sp³-hybridized carbons (Fsp3) is 0.474. The number of carbonyl (C=O) groups excluding carboxylic acids is 2. The maximum Gasteiger partial charge on any atom is 0.246 e. The van der Waals surface area contributed by atoms with Gasteiger partial charge in [-0.05, 0) is 36.7 Å². The van der Waals surface area contributed by atoms with Crippen LogP contribution in [0.15, 0.2) is 24.3 Å². The van der Waals surface area contributed by atoms with Crippen molar-refractivity contribution in [3.63, 3.8) is 0 Å². The van der Waals surface area contributed by atoms with Gasteiger partial charge in [0.1, 0.15) is 11.9 Å². The highest BCUT2D eigenvalue weighted by Crippen LogP contribution is 2.34. The van der Waals surface area contributed by atoms with E-state index in [2.05, 4.69) is 10.2 Å². The van der Waals surface area contributed by atoms with E-state index in [9.17, 15) is 9.59 Å². The van der Waals surface area contributed by atoms with Crippen LogP contribution in [0.5, 0.6) is 0 Å². The van der Waals surface area contributed by atoms with Gasteiger partial charge in [-0.3, -0.25) is 19.6 Å². The normalized spacial score (nSPS) is 22.0. The molecule has 0 spiro atoms. The van der Waals surface area contributed by atoms with E-state index in [0.717, 1.165) is 29.9 Å². The molecule has 2 aliphatic rings. The number of anilines is 1. The number of benzene rings is 1. The Bertz CT molecular complexity index is 950. The molecular formula is C19H23N5O2S. The Labute approximate surface area is 163 Å². The van der Waals surface area contributed by atoms with Crippen molar-refractivity contribution < 1.29 is 9.59 Å². The molecule has 1 saturated heterocycles. The number of carbonyl (C=O) groups is 2. The van der Waals surface area contributed by atoms with E-state index in [1.54, 1.807) is 4.90 Å². The number of H-pyrrole nitrogens is 1. The number of aromatic nitrogens is 3. The lowest BCUT2D eigenvalue weighted by Crippen LogP contribution is -2.51. The van der Waals surface area contributed by atoms with Crippen molar-refractivity contribution in [1.82, 2.24) is 19.7 Å². The van der Waals surface area contributed by atoms with Crippen molar-refractivity contribution in [2.75, 3.05) is 18.0 Å². The Kier molecular flexibility index (Phi) is 4.59. The maximum absolute atomic E-state index is 13.3. The Morgan fingerprint density at radius 1 is 1.30 bits per heavy atom. The van der Waals surface area contributed by atoms with Crippen LogP contribution >= 0.6 is 12.2 Å². The molecule has 7 nitrogen and oxygen atoms in total. The summed E-state index contributed by atoms with van der Waals surface area (Å²) < 4.78 is 2.46. The number of piperidine rings is 1. The van der Waals surface area contributed by atoms with Gasteiger partial charge in [0.15, 0.2) is 4.77 Å². The highest BCUT2D eigenvalue weighted by molar-refractivity contribution is 7.71. The summed E-state index contributed by atoms with van der Waals surface area (Å²) in [6.07, 6.45) is 2.45. The van der Waals surface area contributed by atoms with Gasteiger partial charge in [-0.2, -0.15) is 5.10 Å². The Morgan fingerprint density at radius 2 is 2.07 bits per heavy atom. The molecule has 27 heavy (non-hydrogen) atoms. The Balaban J connectivity index is 1.56. The fourth-order valence-corrected chi connectivity index (χ4v) is 4.44. The summed E-state index contributed by atoms with van der Waals surface area (Å²) in [5, 5.41) is 7.18. The minimum absolute atomic E-state index is 0.0166. The zero-order valence-corrected chi connectivity index (χ0v) is 16.3. The predicted octanol–water partition coefficient (Wildman–Crippen LogP) is 2.16. The standard InChI is InChI=1S/C19H23N5O2S/c1-12(25)24-15-8-4-3-6-13(15)10-16(24)18(26)23-9-5-7-14(11-23)17-20-21-19(27)22(17)2/h3-4,6,8,14,16H,5,7,9-11H2,1-2H3,(H,21,27)/t14?,16-/m0/s1. The molecule has 2 atom stereocenters. The zero-order valence-electron chi connectivity index (χ0n) is 15.5. The lowest BCUT2D eigenvalue weighted by atomic mass is 9.96. The first kappa shape index (κ1) is 17.9. The average molecular weight is 385 g/mol. The minimum atomic E-state index is -0.457. The third-order valence-electron chi connectivity index (χ3n) is 5.61. The van der Waals surface area contributed by atoms with Crippen molar-refractivity contribution in [2.45, 2.75) is 38.1 Å². The van der Waals surface area contributed by atoms with E-state index >= 15 is 0 Å². The largest absolute Gasteiger partial charge is 0.340 e. The lowest BCUT2D eigenvalue weighted by molar-refractivity contribution is -0.135. The molecule has 0 saturated carbocycles. The second-order valence-corrected chi connectivity index (χ2v) is 7.69. The number of nitrogens with zero attached hydrogens (tertiary/aromatic N) is 4. The fourth-order valence-electron chi connectivity index (χ4n) is 4.30. The van der Waals surface area contributed by atoms with Crippen molar-refractivity contribution in [3.8, 4) is 0 Å². The summed E-state index contributed by atoms with van der Waals surface area (Å²) in [4.78, 5) is 29.1. The van der Waals surface area contributed by atoms with Crippen LogP contribution in [0.3, 0.4) is 0 Å². The number of hydrogen-bond acceptors (Lipinski definition) is 4. The van der Waals surface area contributed by atoms with Gasteiger partial charge in [-0.25, -0.2) is 0 Å². The topological polar surface area (TPSA) is 74.2 Å². The summed E-state index contributed by atoms with van der Waals surface area (Å²) in [7, 11) is 1.90. The predicted molar refractivity (Wildman–Crippen MR) is 104 cm³/mol. The molecule has 1 N–H and O–H groups in total. The van der Waals surface area contributed by atoms with Gasteiger partial charge in [-0.1, -0.05) is 18.2 Å². The molecule has 1 unspecified atom stereocenters. The first-order valence-corrected chi connectivity index (χ1v) is 9.66. The lowest BCUT2D eigenvalue weighted by Gasteiger charge is -2.35. The molecule has 2 amide bonds. The molecule has 0 radical (unpaired) electrons. The third kappa shape index (κ3) is 3.07. The number of para-hydroxylation sites is 1. The second-order valence-electron chi connectivity index (χ2n) is 7.31. The van der Waals surface area contributed by atoms with E-state index in [-0.39, 0.29) is 17.7 Å². The van der Waals surface area contributed by atoms with E-state index in [4.69, 9.17) is 12.2 Å². The number of amides is 2. The molecule has 8 heteroatoms. The molecular weight excluding hydrogens is 362 g/mol. The van der Waals surface area contributed by atoms with Gasteiger partial charge in [0, 0.05) is 45.1 Å². The first-order chi connectivity index (χ1) is 13.0. The highest BCUT2D eigenvalue weighted by atomic mass is 32.1. The zero-order chi connectivity index (χ0) is 19.1. The van der Waals surface area contributed by atoms with Crippen LogP contribution in [0.4, 0.5) is 5.69 Å². The molecule has 3 heterocycles. The molecule has 0 aliphatic carbocycles. The van der Waals surface area contributed by atoms with Crippen LogP contribution in [0.2, 0.25) is 0 Å². The molecule has 1 fully saturated rings. The summed E-state index contributed by atoms with van der Waals surface area (Å²) in [6.45, 7) is 2.84. The molecule has 1 aromatic heterocycles. The van der Waals surface area contributed by atoms with E-state index < -0.39 is 6.04 Å². The third-order valence-corrected chi connectivity index (χ3v) is 5.98. The number of fused-ring (bicyclic) bond motifs is 1. The van der Waals surface area contributed by atoms with Crippen LogP contribution in [-0.2, 0) is 23.1 Å². The van der Waals surface area contributed by atoms with E-state index in [0.29, 0.717) is 24.3 Å². The van der Waals surface area contributed by atoms with Crippen LogP contribution in [0, 0.1) is 4.77 Å². The van der Waals surface area contributed by atoms with E-state index in [1.807, 2.05) is 40.8 Å². The average Bonchev–Trinajstić information content (AvgIpc) is 3.22. The van der Waals surface area contributed by atoms with Crippen LogP contribution in [-0.4, -0.2) is 50.6 Å². The van der Waals surface area contributed by atoms with Gasteiger partial charge in [0.25, 0.3) is 0 Å². The molecule has 2 aromatic rings. The Hall–Kier alpha value is -2.48. The smallest absolute Gasteiger partial charge is 0.246 e. The molecule has 2 aliphatic heterocycles. The van der Waals surface area contributed by atoms with Gasteiger partial charge < -0.3 is 9.47 Å². The maximum atomic E-state index is 13.3. The van der Waals surface area contributed by atoms with Crippen molar-refractivity contribution >= 4 is 29.7 Å². The van der Waals surface area contributed by atoms with Gasteiger partial charge >= 0.3 is 0 Å². The second kappa shape index (κ2) is 6.92. The highest BCUT2D eigenvalue weighted by Gasteiger charge is 2.40.